The molecular formula is C19H20F2N4O3S. The van der Waals surface area contributed by atoms with Crippen LogP contribution in [0.4, 0.5) is 20.2 Å². The number of nitrogens with one attached hydrogen (secondary N) is 2. The van der Waals surface area contributed by atoms with E-state index in [1.807, 2.05) is 0 Å². The van der Waals surface area contributed by atoms with E-state index in [4.69, 9.17) is 0 Å². The quantitative estimate of drug-likeness (QED) is 0.662. The van der Waals surface area contributed by atoms with E-state index in [-0.39, 0.29) is 29.7 Å². The summed E-state index contributed by atoms with van der Waals surface area (Å²) in [5, 5.41) is 2.86. The summed E-state index contributed by atoms with van der Waals surface area (Å²) in [6, 6.07) is 8.04. The van der Waals surface area contributed by atoms with Crippen LogP contribution in [0.25, 0.3) is 11.0 Å². The number of fused-ring (bicyclic) bond motifs is 1. The maximum absolute atomic E-state index is 13.9. The number of H-pyrrole nitrogens is 1. The first-order chi connectivity index (χ1) is 13.8. The van der Waals surface area contributed by atoms with Crippen LogP contribution in [0.1, 0.15) is 19.4 Å². The van der Waals surface area contributed by atoms with E-state index < -0.39 is 21.7 Å². The van der Waals surface area contributed by atoms with E-state index in [1.54, 1.807) is 29.7 Å². The van der Waals surface area contributed by atoms with Gasteiger partial charge in [0.25, 0.3) is 0 Å². The number of nitrogens with zero attached hydrogens (tertiary/aromatic N) is 2. The predicted molar refractivity (Wildman–Crippen MR) is 107 cm³/mol. The number of halogens is 2. The summed E-state index contributed by atoms with van der Waals surface area (Å²) in [5.41, 5.74) is 1.49. The van der Waals surface area contributed by atoms with Crippen LogP contribution in [-0.4, -0.2) is 41.1 Å². The van der Waals surface area contributed by atoms with Gasteiger partial charge in [-0.05, 0) is 43.7 Å². The molecule has 2 aromatic carbocycles. The number of sulfonamides is 1. The average Bonchev–Trinajstić information content (AvgIpc) is 3.27. The maximum atomic E-state index is 13.9. The first-order valence-electron chi connectivity index (χ1n) is 9.22. The highest BCUT2D eigenvalue weighted by molar-refractivity contribution is 7.89. The number of hydrogen-bond donors (Lipinski definition) is 2. The molecule has 29 heavy (non-hydrogen) atoms. The standard InChI is InChI=1S/C19H20F2N4O3S/c1-2-29(27,28)24-8-7-14(11-24)25-18-6-4-13(10-17(18)23-19(25)26)22-16-5-3-12(20)9-15(16)21/h3-6,9-10,14,22H,2,7-8,11H2,1H3,(H,23,26). The van der Waals surface area contributed by atoms with Crippen molar-refractivity contribution in [1.82, 2.24) is 13.9 Å². The van der Waals surface area contributed by atoms with Crippen molar-refractivity contribution >= 4 is 32.4 Å². The first-order valence-corrected chi connectivity index (χ1v) is 10.8. The Hall–Kier alpha value is -2.72. The fraction of sp³-hybridized carbons (Fsp3) is 0.316. The number of benzene rings is 2. The second kappa shape index (κ2) is 7.27. The van der Waals surface area contributed by atoms with Gasteiger partial charge < -0.3 is 10.3 Å². The molecule has 7 nitrogen and oxygen atoms in total. The van der Waals surface area contributed by atoms with E-state index in [1.165, 1.54) is 10.4 Å². The summed E-state index contributed by atoms with van der Waals surface area (Å²) in [7, 11) is -3.30. The van der Waals surface area contributed by atoms with Gasteiger partial charge in [-0.1, -0.05) is 0 Å². The summed E-state index contributed by atoms with van der Waals surface area (Å²) >= 11 is 0. The summed E-state index contributed by atoms with van der Waals surface area (Å²) in [5.74, 6) is -1.36. The van der Waals surface area contributed by atoms with Gasteiger partial charge in [0.1, 0.15) is 11.6 Å². The third-order valence-corrected chi connectivity index (χ3v) is 7.02. The van der Waals surface area contributed by atoms with Crippen LogP contribution >= 0.6 is 0 Å². The van der Waals surface area contributed by atoms with Crippen molar-refractivity contribution < 1.29 is 17.2 Å². The SMILES string of the molecule is CCS(=O)(=O)N1CCC(n2c(=O)[nH]c3cc(Nc4ccc(F)cc4F)ccc32)C1. The fourth-order valence-electron chi connectivity index (χ4n) is 3.67. The Labute approximate surface area is 166 Å². The van der Waals surface area contributed by atoms with Crippen molar-refractivity contribution in [1.29, 1.82) is 0 Å². The van der Waals surface area contributed by atoms with E-state index in [9.17, 15) is 22.0 Å². The molecule has 4 rings (SSSR count). The van der Waals surface area contributed by atoms with Gasteiger partial charge in [0, 0.05) is 24.8 Å². The minimum atomic E-state index is -3.30. The monoisotopic (exact) mass is 422 g/mol. The second-order valence-corrected chi connectivity index (χ2v) is 9.24. The molecule has 1 saturated heterocycles. The molecule has 1 fully saturated rings. The zero-order valence-electron chi connectivity index (χ0n) is 15.7. The van der Waals surface area contributed by atoms with Crippen LogP contribution in [0.15, 0.2) is 41.2 Å². The van der Waals surface area contributed by atoms with Crippen LogP contribution in [-0.2, 0) is 10.0 Å². The van der Waals surface area contributed by atoms with Gasteiger partial charge in [-0.15, -0.1) is 0 Å². The number of aromatic amines is 1. The molecule has 3 aromatic rings. The predicted octanol–water partition coefficient (Wildman–Crippen LogP) is 2.95. The average molecular weight is 422 g/mol. The Morgan fingerprint density at radius 3 is 2.72 bits per heavy atom. The van der Waals surface area contributed by atoms with Crippen LogP contribution in [0.2, 0.25) is 0 Å². The Morgan fingerprint density at radius 2 is 2.00 bits per heavy atom. The lowest BCUT2D eigenvalue weighted by Gasteiger charge is -2.16. The van der Waals surface area contributed by atoms with E-state index >= 15 is 0 Å². The largest absolute Gasteiger partial charge is 0.353 e. The van der Waals surface area contributed by atoms with E-state index in [0.29, 0.717) is 29.7 Å². The van der Waals surface area contributed by atoms with Gasteiger partial charge in [0.2, 0.25) is 10.0 Å². The molecular weight excluding hydrogens is 402 g/mol. The van der Waals surface area contributed by atoms with Crippen LogP contribution < -0.4 is 11.0 Å². The molecule has 154 valence electrons. The van der Waals surface area contributed by atoms with Crippen molar-refractivity contribution in [2.24, 2.45) is 0 Å². The smallest absolute Gasteiger partial charge is 0.326 e. The van der Waals surface area contributed by atoms with Gasteiger partial charge in [0.05, 0.1) is 28.5 Å². The Balaban J connectivity index is 1.63. The van der Waals surface area contributed by atoms with Gasteiger partial charge in [-0.25, -0.2) is 22.0 Å². The number of anilines is 2. The van der Waals surface area contributed by atoms with Gasteiger partial charge >= 0.3 is 5.69 Å². The van der Waals surface area contributed by atoms with Crippen molar-refractivity contribution in [2.45, 2.75) is 19.4 Å². The van der Waals surface area contributed by atoms with Gasteiger partial charge in [0.15, 0.2) is 0 Å². The van der Waals surface area contributed by atoms with Crippen molar-refractivity contribution in [3.63, 3.8) is 0 Å². The van der Waals surface area contributed by atoms with Crippen LogP contribution in [0.5, 0.6) is 0 Å². The van der Waals surface area contributed by atoms with Crippen molar-refractivity contribution in [3.8, 4) is 0 Å². The highest BCUT2D eigenvalue weighted by Gasteiger charge is 2.32. The first kappa shape index (κ1) is 19.6. The Morgan fingerprint density at radius 1 is 1.21 bits per heavy atom. The van der Waals surface area contributed by atoms with Gasteiger partial charge in [-0.3, -0.25) is 4.57 Å². The maximum Gasteiger partial charge on any atom is 0.326 e. The van der Waals surface area contributed by atoms with Gasteiger partial charge in [-0.2, -0.15) is 4.31 Å². The number of rotatable bonds is 5. The minimum absolute atomic E-state index is 0.0253. The molecule has 1 aliphatic rings. The fourth-order valence-corrected chi connectivity index (χ4v) is 4.82. The number of aromatic nitrogens is 2. The third kappa shape index (κ3) is 3.65. The molecule has 2 N–H and O–H groups in total. The van der Waals surface area contributed by atoms with Crippen LogP contribution in [0.3, 0.4) is 0 Å². The zero-order chi connectivity index (χ0) is 20.8. The van der Waals surface area contributed by atoms with Crippen molar-refractivity contribution in [3.05, 3.63) is 58.5 Å². The summed E-state index contributed by atoms with van der Waals surface area (Å²) in [6.07, 6.45) is 0.548. The summed E-state index contributed by atoms with van der Waals surface area (Å²) in [4.78, 5) is 15.3. The molecule has 1 unspecified atom stereocenters. The molecule has 0 saturated carbocycles. The number of imidazole rings is 1. The second-order valence-electron chi connectivity index (χ2n) is 6.98. The lowest BCUT2D eigenvalue weighted by Crippen LogP contribution is -2.31. The van der Waals surface area contributed by atoms with Crippen LogP contribution in [0, 0.1) is 11.6 Å². The summed E-state index contributed by atoms with van der Waals surface area (Å²) in [6.45, 7) is 2.23. The Bertz CT molecular complexity index is 1240. The molecule has 1 aromatic heterocycles. The van der Waals surface area contributed by atoms with Crippen molar-refractivity contribution in [2.75, 3.05) is 24.2 Å². The number of hydrogen-bond acceptors (Lipinski definition) is 4. The zero-order valence-corrected chi connectivity index (χ0v) is 16.5. The lowest BCUT2D eigenvalue weighted by atomic mass is 10.2. The third-order valence-electron chi connectivity index (χ3n) is 5.18. The van der Waals surface area contributed by atoms with E-state index in [2.05, 4.69) is 10.3 Å². The molecule has 0 aliphatic carbocycles. The molecule has 1 atom stereocenters. The molecule has 0 amide bonds. The molecule has 0 bridgehead atoms. The molecule has 10 heteroatoms. The molecule has 1 aliphatic heterocycles. The summed E-state index contributed by atoms with van der Waals surface area (Å²) < 4.78 is 54.1. The minimum Gasteiger partial charge on any atom is -0.353 e. The highest BCUT2D eigenvalue weighted by Crippen LogP contribution is 2.28. The van der Waals surface area contributed by atoms with E-state index in [0.717, 1.165) is 12.1 Å². The topological polar surface area (TPSA) is 87.2 Å². The highest BCUT2D eigenvalue weighted by atomic mass is 32.2. The normalized spacial score (nSPS) is 17.8. The Kier molecular flexibility index (Phi) is 4.91. The lowest BCUT2D eigenvalue weighted by molar-refractivity contribution is 0.452. The molecule has 0 spiro atoms. The molecule has 2 heterocycles. The molecule has 0 radical (unpaired) electrons.